The highest BCUT2D eigenvalue weighted by Crippen LogP contribution is 2.33. The minimum atomic E-state index is -0.322. The first-order chi connectivity index (χ1) is 15.1. The summed E-state index contributed by atoms with van der Waals surface area (Å²) in [4.78, 5) is 28.5. The van der Waals surface area contributed by atoms with E-state index in [0.29, 0.717) is 35.7 Å². The van der Waals surface area contributed by atoms with E-state index in [1.54, 1.807) is 26.4 Å². The first-order valence-electron chi connectivity index (χ1n) is 9.79. The molecular formula is C24H22N2O4S. The van der Waals surface area contributed by atoms with E-state index in [1.165, 1.54) is 16.2 Å². The van der Waals surface area contributed by atoms with Crippen LogP contribution in [0.5, 0.6) is 11.5 Å². The number of imide groups is 1. The molecule has 0 fully saturated rings. The van der Waals surface area contributed by atoms with Crippen LogP contribution in [0.4, 0.5) is 5.69 Å². The second-order valence-corrected chi connectivity index (χ2v) is 7.89. The lowest BCUT2D eigenvalue weighted by Crippen LogP contribution is -2.34. The van der Waals surface area contributed by atoms with Crippen LogP contribution in [0.15, 0.2) is 71.7 Å². The van der Waals surface area contributed by atoms with E-state index in [9.17, 15) is 9.59 Å². The second kappa shape index (κ2) is 9.06. The van der Waals surface area contributed by atoms with Gasteiger partial charge in [-0.3, -0.25) is 14.5 Å². The van der Waals surface area contributed by atoms with Gasteiger partial charge in [0, 0.05) is 17.1 Å². The molecule has 0 atom stereocenters. The molecule has 4 rings (SSSR count). The number of nitrogens with one attached hydrogen (secondary N) is 1. The number of ether oxygens (including phenoxy) is 2. The van der Waals surface area contributed by atoms with Gasteiger partial charge in [-0.1, -0.05) is 18.2 Å². The average molecular weight is 435 g/mol. The van der Waals surface area contributed by atoms with Crippen LogP contribution >= 0.6 is 11.3 Å². The molecule has 1 aliphatic rings. The third-order valence-electron chi connectivity index (χ3n) is 5.08. The molecule has 0 bridgehead atoms. The molecule has 0 aliphatic carbocycles. The number of hydrogen-bond acceptors (Lipinski definition) is 6. The highest BCUT2D eigenvalue weighted by Gasteiger charge is 2.39. The molecule has 7 heteroatoms. The molecule has 3 aromatic rings. The van der Waals surface area contributed by atoms with E-state index in [-0.39, 0.29) is 11.8 Å². The van der Waals surface area contributed by atoms with Crippen molar-refractivity contribution in [3.05, 3.63) is 82.2 Å². The van der Waals surface area contributed by atoms with Gasteiger partial charge in [0.05, 0.1) is 19.8 Å². The molecule has 1 aliphatic heterocycles. The molecule has 0 spiro atoms. The van der Waals surface area contributed by atoms with Gasteiger partial charge in [0.25, 0.3) is 11.8 Å². The standard InChI is InChI=1S/C24H22N2O4S/c1-29-18-9-5-16(6-10-18)13-14-26-23(27)21(20-4-3-15-31-20)22(24(26)28)25-17-7-11-19(30-2)12-8-17/h3-12,15,25H,13-14H2,1-2H3. The summed E-state index contributed by atoms with van der Waals surface area (Å²) >= 11 is 1.44. The first kappa shape index (κ1) is 20.7. The van der Waals surface area contributed by atoms with Crippen molar-refractivity contribution in [1.82, 2.24) is 4.90 Å². The molecule has 1 aromatic heterocycles. The topological polar surface area (TPSA) is 67.9 Å². The van der Waals surface area contributed by atoms with Crippen molar-refractivity contribution in [2.75, 3.05) is 26.1 Å². The molecule has 0 saturated heterocycles. The Kier molecular flexibility index (Phi) is 6.04. The number of thiophene rings is 1. The van der Waals surface area contributed by atoms with Gasteiger partial charge in [-0.25, -0.2) is 0 Å². The number of anilines is 1. The van der Waals surface area contributed by atoms with Crippen LogP contribution in [-0.2, 0) is 16.0 Å². The molecule has 0 saturated carbocycles. The SMILES string of the molecule is COc1ccc(CCN2C(=O)C(Nc3ccc(OC)cc3)=C(c3cccs3)C2=O)cc1. The first-order valence-corrected chi connectivity index (χ1v) is 10.7. The average Bonchev–Trinajstić information content (AvgIpc) is 3.40. The third-order valence-corrected chi connectivity index (χ3v) is 5.97. The van der Waals surface area contributed by atoms with Gasteiger partial charge >= 0.3 is 0 Å². The summed E-state index contributed by atoms with van der Waals surface area (Å²) in [6.07, 6.45) is 0.564. The summed E-state index contributed by atoms with van der Waals surface area (Å²) in [7, 11) is 3.21. The molecular weight excluding hydrogens is 412 g/mol. The minimum absolute atomic E-state index is 0.281. The van der Waals surface area contributed by atoms with Crippen LogP contribution in [0.25, 0.3) is 5.57 Å². The van der Waals surface area contributed by atoms with E-state index in [2.05, 4.69) is 5.32 Å². The quantitative estimate of drug-likeness (QED) is 0.538. The van der Waals surface area contributed by atoms with Crippen LogP contribution in [0.2, 0.25) is 0 Å². The highest BCUT2D eigenvalue weighted by molar-refractivity contribution is 7.11. The monoisotopic (exact) mass is 434 g/mol. The lowest BCUT2D eigenvalue weighted by atomic mass is 10.1. The van der Waals surface area contributed by atoms with E-state index in [4.69, 9.17) is 9.47 Å². The van der Waals surface area contributed by atoms with Gasteiger partial charge < -0.3 is 14.8 Å². The smallest absolute Gasteiger partial charge is 0.278 e. The summed E-state index contributed by atoms with van der Waals surface area (Å²) in [6, 6.07) is 18.6. The zero-order valence-electron chi connectivity index (χ0n) is 17.3. The lowest BCUT2D eigenvalue weighted by molar-refractivity contribution is -0.136. The van der Waals surface area contributed by atoms with Gasteiger partial charge in [-0.15, -0.1) is 11.3 Å². The van der Waals surface area contributed by atoms with E-state index in [1.807, 2.05) is 53.9 Å². The van der Waals surface area contributed by atoms with Crippen LogP contribution in [0.1, 0.15) is 10.4 Å². The molecule has 0 unspecified atom stereocenters. The molecule has 6 nitrogen and oxygen atoms in total. The Bertz CT molecular complexity index is 1100. The fourth-order valence-electron chi connectivity index (χ4n) is 3.40. The maximum Gasteiger partial charge on any atom is 0.278 e. The molecule has 1 N–H and O–H groups in total. The maximum absolute atomic E-state index is 13.2. The number of hydrogen-bond donors (Lipinski definition) is 1. The maximum atomic E-state index is 13.2. The van der Waals surface area contributed by atoms with Crippen molar-refractivity contribution in [2.45, 2.75) is 6.42 Å². The Morgan fingerprint density at radius 3 is 2.10 bits per heavy atom. The van der Waals surface area contributed by atoms with Gasteiger partial charge in [0.1, 0.15) is 17.2 Å². The number of amides is 2. The van der Waals surface area contributed by atoms with Crippen molar-refractivity contribution in [2.24, 2.45) is 0 Å². The minimum Gasteiger partial charge on any atom is -0.497 e. The van der Waals surface area contributed by atoms with Gasteiger partial charge in [-0.2, -0.15) is 0 Å². The Morgan fingerprint density at radius 2 is 1.52 bits per heavy atom. The normalized spacial score (nSPS) is 13.7. The molecule has 2 amide bonds. The van der Waals surface area contributed by atoms with Crippen molar-refractivity contribution < 1.29 is 19.1 Å². The third kappa shape index (κ3) is 4.32. The van der Waals surface area contributed by atoms with Gasteiger partial charge in [-0.05, 0) is 59.8 Å². The molecule has 158 valence electrons. The van der Waals surface area contributed by atoms with Crippen molar-refractivity contribution >= 4 is 34.4 Å². The second-order valence-electron chi connectivity index (χ2n) is 6.94. The predicted octanol–water partition coefficient (Wildman–Crippen LogP) is 4.20. The van der Waals surface area contributed by atoms with E-state index in [0.717, 1.165) is 16.2 Å². The highest BCUT2D eigenvalue weighted by atomic mass is 32.1. The number of carbonyl (C=O) groups is 2. The summed E-state index contributed by atoms with van der Waals surface area (Å²) in [5, 5.41) is 5.05. The van der Waals surface area contributed by atoms with Crippen molar-refractivity contribution in [1.29, 1.82) is 0 Å². The zero-order chi connectivity index (χ0) is 21.8. The Morgan fingerprint density at radius 1 is 0.871 bits per heavy atom. The van der Waals surface area contributed by atoms with Crippen LogP contribution < -0.4 is 14.8 Å². The number of methoxy groups -OCH3 is 2. The molecule has 2 aromatic carbocycles. The Hall–Kier alpha value is -3.58. The molecule has 2 heterocycles. The van der Waals surface area contributed by atoms with Crippen LogP contribution in [-0.4, -0.2) is 37.5 Å². The van der Waals surface area contributed by atoms with Crippen LogP contribution in [0.3, 0.4) is 0 Å². The van der Waals surface area contributed by atoms with Gasteiger partial charge in [0.2, 0.25) is 0 Å². The largest absolute Gasteiger partial charge is 0.497 e. The summed E-state index contributed by atoms with van der Waals surface area (Å²) in [6.45, 7) is 0.298. The van der Waals surface area contributed by atoms with Crippen molar-refractivity contribution in [3.63, 3.8) is 0 Å². The Labute approximate surface area is 184 Å². The fourth-order valence-corrected chi connectivity index (χ4v) is 4.16. The summed E-state index contributed by atoms with van der Waals surface area (Å²) in [5.41, 5.74) is 2.44. The summed E-state index contributed by atoms with van der Waals surface area (Å²) in [5.74, 6) is 0.882. The number of nitrogens with zero attached hydrogens (tertiary/aromatic N) is 1. The zero-order valence-corrected chi connectivity index (χ0v) is 18.1. The molecule has 31 heavy (non-hydrogen) atoms. The predicted molar refractivity (Wildman–Crippen MR) is 121 cm³/mol. The number of carbonyl (C=O) groups excluding carboxylic acids is 2. The van der Waals surface area contributed by atoms with E-state index < -0.39 is 0 Å². The molecule has 0 radical (unpaired) electrons. The van der Waals surface area contributed by atoms with Crippen LogP contribution in [0, 0.1) is 0 Å². The number of benzene rings is 2. The fraction of sp³-hybridized carbons (Fsp3) is 0.167. The van der Waals surface area contributed by atoms with E-state index >= 15 is 0 Å². The lowest BCUT2D eigenvalue weighted by Gasteiger charge is -2.15. The summed E-state index contributed by atoms with van der Waals surface area (Å²) < 4.78 is 10.4. The van der Waals surface area contributed by atoms with Gasteiger partial charge in [0.15, 0.2) is 0 Å². The van der Waals surface area contributed by atoms with Crippen molar-refractivity contribution in [3.8, 4) is 11.5 Å². The number of rotatable bonds is 8. The Balaban J connectivity index is 1.57.